The average Bonchev–Trinajstić information content (AvgIpc) is 2.93. The van der Waals surface area contributed by atoms with E-state index in [0.29, 0.717) is 19.1 Å². The molecule has 22 heavy (non-hydrogen) atoms. The molecular formula is C17H20N2O2S. The molecule has 0 saturated carbocycles. The van der Waals surface area contributed by atoms with Gasteiger partial charge in [-0.05, 0) is 31.4 Å². The molecule has 3 rings (SSSR count). The van der Waals surface area contributed by atoms with Crippen LogP contribution in [0.25, 0.3) is 0 Å². The summed E-state index contributed by atoms with van der Waals surface area (Å²) in [5.41, 5.74) is 2.11. The predicted molar refractivity (Wildman–Crippen MR) is 87.7 cm³/mol. The van der Waals surface area contributed by atoms with Crippen molar-refractivity contribution in [2.24, 2.45) is 5.92 Å². The number of benzene rings is 1. The summed E-state index contributed by atoms with van der Waals surface area (Å²) < 4.78 is 5.76. The molecule has 5 heteroatoms. The maximum absolute atomic E-state index is 12.3. The summed E-state index contributed by atoms with van der Waals surface area (Å²) in [5.74, 6) is 1.27. The van der Waals surface area contributed by atoms with E-state index in [9.17, 15) is 4.79 Å². The van der Waals surface area contributed by atoms with Crippen LogP contribution in [0.4, 0.5) is 0 Å². The van der Waals surface area contributed by atoms with Crippen LogP contribution in [0.5, 0.6) is 5.75 Å². The van der Waals surface area contributed by atoms with Gasteiger partial charge in [0, 0.05) is 12.5 Å². The Balaban J connectivity index is 1.60. The molecule has 2 aromatic rings. The predicted octanol–water partition coefficient (Wildman–Crippen LogP) is 3.00. The topological polar surface area (TPSA) is 51.2 Å². The number of thiazole rings is 1. The van der Waals surface area contributed by atoms with E-state index in [2.05, 4.69) is 16.4 Å². The number of fused-ring (bicyclic) bond motifs is 1. The number of carbonyl (C=O) groups excluding carboxylic acids is 1. The van der Waals surface area contributed by atoms with E-state index in [1.165, 1.54) is 16.9 Å². The quantitative estimate of drug-likeness (QED) is 0.943. The molecular weight excluding hydrogens is 296 g/mol. The maximum Gasteiger partial charge on any atom is 0.263 e. The number of hydrogen-bond acceptors (Lipinski definition) is 4. The molecule has 116 valence electrons. The Hall–Kier alpha value is -1.88. The summed E-state index contributed by atoms with van der Waals surface area (Å²) in [6.07, 6.45) is 1.73. The number of nitrogens with one attached hydrogen (secondary N) is 1. The normalized spacial score (nSPS) is 16.7. The van der Waals surface area contributed by atoms with Crippen molar-refractivity contribution in [2.45, 2.75) is 26.7 Å². The lowest BCUT2D eigenvalue weighted by molar-refractivity contribution is 0.0942. The molecule has 0 aliphatic carbocycles. The lowest BCUT2D eigenvalue weighted by Gasteiger charge is -2.25. The first-order valence-electron chi connectivity index (χ1n) is 7.62. The number of aromatic nitrogens is 1. The van der Waals surface area contributed by atoms with Gasteiger partial charge >= 0.3 is 0 Å². The Bertz CT molecular complexity index is 681. The number of aryl methyl sites for hydroxylation is 2. The number of rotatable bonds is 4. The van der Waals surface area contributed by atoms with Crippen molar-refractivity contribution >= 4 is 17.2 Å². The highest BCUT2D eigenvalue weighted by Crippen LogP contribution is 2.26. The highest BCUT2D eigenvalue weighted by Gasteiger charge is 2.21. The minimum Gasteiger partial charge on any atom is -0.493 e. The molecule has 0 fully saturated rings. The largest absolute Gasteiger partial charge is 0.493 e. The molecule has 0 unspecified atom stereocenters. The van der Waals surface area contributed by atoms with E-state index in [0.717, 1.165) is 34.2 Å². The van der Waals surface area contributed by atoms with Crippen LogP contribution in [0, 0.1) is 12.8 Å². The van der Waals surface area contributed by atoms with E-state index in [-0.39, 0.29) is 5.91 Å². The van der Waals surface area contributed by atoms with Gasteiger partial charge in [-0.25, -0.2) is 4.98 Å². The van der Waals surface area contributed by atoms with Gasteiger partial charge in [-0.3, -0.25) is 4.79 Å². The van der Waals surface area contributed by atoms with E-state index < -0.39 is 0 Å². The molecule has 1 N–H and O–H groups in total. The van der Waals surface area contributed by atoms with E-state index >= 15 is 0 Å². The van der Waals surface area contributed by atoms with Gasteiger partial charge in [0.05, 0.1) is 17.3 Å². The standard InChI is InChI=1S/C17H20N2O2S/c1-3-14-16(22-11(2)19-14)17(20)18-9-12-8-13-6-4-5-7-15(13)21-10-12/h4-7,12H,3,8-10H2,1-2H3,(H,18,20)/t12-/m1/s1. The summed E-state index contributed by atoms with van der Waals surface area (Å²) in [6, 6.07) is 8.10. The van der Waals surface area contributed by atoms with Gasteiger partial charge in [0.1, 0.15) is 10.6 Å². The lowest BCUT2D eigenvalue weighted by Crippen LogP contribution is -2.34. The van der Waals surface area contributed by atoms with Crippen molar-refractivity contribution in [1.29, 1.82) is 0 Å². The fraction of sp³-hybridized carbons (Fsp3) is 0.412. The molecule has 0 saturated heterocycles. The second kappa shape index (κ2) is 6.48. The highest BCUT2D eigenvalue weighted by atomic mass is 32.1. The molecule has 4 nitrogen and oxygen atoms in total. The zero-order valence-corrected chi connectivity index (χ0v) is 13.7. The van der Waals surface area contributed by atoms with Crippen molar-refractivity contribution in [3.8, 4) is 5.75 Å². The number of para-hydroxylation sites is 1. The number of carbonyl (C=O) groups is 1. The van der Waals surface area contributed by atoms with Gasteiger partial charge in [-0.1, -0.05) is 25.1 Å². The van der Waals surface area contributed by atoms with Crippen molar-refractivity contribution < 1.29 is 9.53 Å². The monoisotopic (exact) mass is 316 g/mol. The number of hydrogen-bond donors (Lipinski definition) is 1. The van der Waals surface area contributed by atoms with Crippen LogP contribution in [0.2, 0.25) is 0 Å². The molecule has 1 amide bonds. The molecule has 1 aromatic heterocycles. The van der Waals surface area contributed by atoms with Crippen LogP contribution in [-0.4, -0.2) is 24.0 Å². The molecule has 0 bridgehead atoms. The van der Waals surface area contributed by atoms with Crippen LogP contribution in [0.1, 0.15) is 32.9 Å². The average molecular weight is 316 g/mol. The molecule has 2 heterocycles. The minimum absolute atomic E-state index is 0.0127. The number of amides is 1. The first kappa shape index (κ1) is 15.0. The van der Waals surface area contributed by atoms with Crippen molar-refractivity contribution in [3.63, 3.8) is 0 Å². The van der Waals surface area contributed by atoms with Crippen LogP contribution in [-0.2, 0) is 12.8 Å². The zero-order chi connectivity index (χ0) is 15.5. The molecule has 0 radical (unpaired) electrons. The summed E-state index contributed by atoms with van der Waals surface area (Å²) >= 11 is 1.47. The van der Waals surface area contributed by atoms with Crippen LogP contribution >= 0.6 is 11.3 Å². The number of ether oxygens (including phenoxy) is 1. The van der Waals surface area contributed by atoms with Crippen LogP contribution < -0.4 is 10.1 Å². The number of nitrogens with zero attached hydrogens (tertiary/aromatic N) is 1. The van der Waals surface area contributed by atoms with Gasteiger partial charge in [0.25, 0.3) is 5.91 Å². The first-order chi connectivity index (χ1) is 10.7. The smallest absolute Gasteiger partial charge is 0.263 e. The Kier molecular flexibility index (Phi) is 4.43. The fourth-order valence-electron chi connectivity index (χ4n) is 2.73. The van der Waals surface area contributed by atoms with Crippen LogP contribution in [0.15, 0.2) is 24.3 Å². The summed E-state index contributed by atoms with van der Waals surface area (Å²) in [5, 5.41) is 3.98. The first-order valence-corrected chi connectivity index (χ1v) is 8.44. The summed E-state index contributed by atoms with van der Waals surface area (Å²) in [6.45, 7) is 5.25. The van der Waals surface area contributed by atoms with Crippen molar-refractivity contribution in [2.75, 3.05) is 13.2 Å². The third-order valence-corrected chi connectivity index (χ3v) is 4.86. The molecule has 1 aliphatic heterocycles. The Morgan fingerprint density at radius 3 is 3.09 bits per heavy atom. The third kappa shape index (κ3) is 3.14. The Morgan fingerprint density at radius 1 is 1.45 bits per heavy atom. The maximum atomic E-state index is 12.3. The van der Waals surface area contributed by atoms with E-state index in [4.69, 9.17) is 4.74 Å². The van der Waals surface area contributed by atoms with E-state index in [1.54, 1.807) is 0 Å². The molecule has 1 atom stereocenters. The second-order valence-corrected chi connectivity index (χ2v) is 6.76. The fourth-order valence-corrected chi connectivity index (χ4v) is 3.65. The Morgan fingerprint density at radius 2 is 2.27 bits per heavy atom. The van der Waals surface area contributed by atoms with Crippen molar-refractivity contribution in [1.82, 2.24) is 10.3 Å². The van der Waals surface area contributed by atoms with E-state index in [1.807, 2.05) is 32.0 Å². The molecule has 1 aliphatic rings. The zero-order valence-electron chi connectivity index (χ0n) is 12.9. The second-order valence-electron chi connectivity index (χ2n) is 5.56. The molecule has 0 spiro atoms. The minimum atomic E-state index is -0.0127. The Labute approximate surface area is 134 Å². The summed E-state index contributed by atoms with van der Waals surface area (Å²) in [7, 11) is 0. The highest BCUT2D eigenvalue weighted by molar-refractivity contribution is 7.13. The van der Waals surface area contributed by atoms with Gasteiger partial charge in [-0.15, -0.1) is 11.3 Å². The van der Waals surface area contributed by atoms with Crippen molar-refractivity contribution in [3.05, 3.63) is 45.4 Å². The molecule has 1 aromatic carbocycles. The SMILES string of the molecule is CCc1nc(C)sc1C(=O)NC[C@@H]1COc2ccccc2C1. The van der Waals surface area contributed by atoms with Gasteiger partial charge in [-0.2, -0.15) is 0 Å². The van der Waals surface area contributed by atoms with Gasteiger partial charge in [0.2, 0.25) is 0 Å². The van der Waals surface area contributed by atoms with Crippen LogP contribution in [0.3, 0.4) is 0 Å². The lowest BCUT2D eigenvalue weighted by atomic mass is 9.97. The summed E-state index contributed by atoms with van der Waals surface area (Å²) in [4.78, 5) is 17.5. The van der Waals surface area contributed by atoms with Gasteiger partial charge in [0.15, 0.2) is 0 Å². The van der Waals surface area contributed by atoms with Gasteiger partial charge < -0.3 is 10.1 Å². The third-order valence-electron chi connectivity index (χ3n) is 3.85.